The van der Waals surface area contributed by atoms with Crippen LogP contribution in [0.4, 0.5) is 4.79 Å². The SMILES string of the molecule is CCCN1CCc2c(n(C(=O)OC)c3ccccc23)C1CC. The predicted octanol–water partition coefficient (Wildman–Crippen LogP) is 3.98. The lowest BCUT2D eigenvalue weighted by Gasteiger charge is -2.36. The van der Waals surface area contributed by atoms with E-state index in [4.69, 9.17) is 4.74 Å². The van der Waals surface area contributed by atoms with Gasteiger partial charge in [0.1, 0.15) is 0 Å². The molecule has 22 heavy (non-hydrogen) atoms. The normalized spacial score (nSPS) is 18.4. The smallest absolute Gasteiger partial charge is 0.418 e. The zero-order valence-corrected chi connectivity index (χ0v) is 13.6. The molecule has 0 saturated carbocycles. The van der Waals surface area contributed by atoms with Crippen molar-refractivity contribution in [2.24, 2.45) is 0 Å². The Balaban J connectivity index is 2.24. The van der Waals surface area contributed by atoms with Crippen molar-refractivity contribution >= 4 is 17.0 Å². The molecule has 0 aliphatic carbocycles. The van der Waals surface area contributed by atoms with Crippen molar-refractivity contribution in [3.63, 3.8) is 0 Å². The zero-order valence-electron chi connectivity index (χ0n) is 13.6. The molecule has 3 rings (SSSR count). The highest BCUT2D eigenvalue weighted by atomic mass is 16.5. The standard InChI is InChI=1S/C18H24N2O2/c1-4-11-19-12-10-14-13-8-6-7-9-16(13)20(18(21)22-3)17(14)15(19)5-2/h6-9,15H,4-5,10-12H2,1-3H3. The van der Waals surface area contributed by atoms with Gasteiger partial charge in [-0.2, -0.15) is 0 Å². The van der Waals surface area contributed by atoms with Crippen LogP contribution in [0.2, 0.25) is 0 Å². The Kier molecular flexibility index (Phi) is 4.21. The van der Waals surface area contributed by atoms with Gasteiger partial charge < -0.3 is 4.74 Å². The molecule has 4 nitrogen and oxygen atoms in total. The summed E-state index contributed by atoms with van der Waals surface area (Å²) >= 11 is 0. The molecule has 0 radical (unpaired) electrons. The molecule has 0 N–H and O–H groups in total. The van der Waals surface area contributed by atoms with E-state index in [1.807, 2.05) is 18.2 Å². The molecule has 4 heteroatoms. The highest BCUT2D eigenvalue weighted by Crippen LogP contribution is 2.38. The van der Waals surface area contributed by atoms with Gasteiger partial charge in [-0.15, -0.1) is 0 Å². The maximum Gasteiger partial charge on any atom is 0.418 e. The first-order valence-corrected chi connectivity index (χ1v) is 8.17. The Morgan fingerprint density at radius 3 is 2.77 bits per heavy atom. The molecule has 1 aromatic carbocycles. The van der Waals surface area contributed by atoms with E-state index < -0.39 is 0 Å². The number of aromatic nitrogens is 1. The average Bonchev–Trinajstić information content (AvgIpc) is 2.89. The van der Waals surface area contributed by atoms with Gasteiger partial charge in [-0.25, -0.2) is 9.36 Å². The van der Waals surface area contributed by atoms with Gasteiger partial charge in [-0.3, -0.25) is 4.90 Å². The maximum absolute atomic E-state index is 12.4. The van der Waals surface area contributed by atoms with Crippen molar-refractivity contribution in [3.8, 4) is 0 Å². The van der Waals surface area contributed by atoms with Gasteiger partial charge in [0, 0.05) is 11.9 Å². The largest absolute Gasteiger partial charge is 0.452 e. The molecule has 0 saturated heterocycles. The zero-order chi connectivity index (χ0) is 15.7. The topological polar surface area (TPSA) is 34.5 Å². The molecule has 0 amide bonds. The fraction of sp³-hybridized carbons (Fsp3) is 0.500. The summed E-state index contributed by atoms with van der Waals surface area (Å²) in [6.45, 7) is 6.54. The summed E-state index contributed by atoms with van der Waals surface area (Å²) in [5.41, 5.74) is 3.42. The van der Waals surface area contributed by atoms with Gasteiger partial charge >= 0.3 is 6.09 Å². The van der Waals surface area contributed by atoms with Crippen molar-refractivity contribution in [3.05, 3.63) is 35.5 Å². The van der Waals surface area contributed by atoms with Gasteiger partial charge in [0.25, 0.3) is 0 Å². The number of benzene rings is 1. The predicted molar refractivity (Wildman–Crippen MR) is 88.3 cm³/mol. The molecule has 1 aliphatic rings. The summed E-state index contributed by atoms with van der Waals surface area (Å²) in [6, 6.07) is 8.45. The molecule has 0 bridgehead atoms. The van der Waals surface area contributed by atoms with Crippen LogP contribution in [0.25, 0.3) is 10.9 Å². The van der Waals surface area contributed by atoms with Crippen LogP contribution in [0.3, 0.4) is 0 Å². The van der Waals surface area contributed by atoms with Crippen LogP contribution in [-0.4, -0.2) is 35.8 Å². The maximum atomic E-state index is 12.4. The molecule has 118 valence electrons. The Labute approximate surface area is 131 Å². The number of ether oxygens (including phenoxy) is 1. The molecule has 2 aromatic rings. The van der Waals surface area contributed by atoms with Crippen molar-refractivity contribution < 1.29 is 9.53 Å². The third-order valence-corrected chi connectivity index (χ3v) is 4.68. The van der Waals surface area contributed by atoms with Crippen molar-refractivity contribution in [2.45, 2.75) is 39.2 Å². The van der Waals surface area contributed by atoms with E-state index in [9.17, 15) is 4.79 Å². The quantitative estimate of drug-likeness (QED) is 0.860. The van der Waals surface area contributed by atoms with Crippen LogP contribution < -0.4 is 0 Å². The minimum absolute atomic E-state index is 0.283. The summed E-state index contributed by atoms with van der Waals surface area (Å²) in [5, 5.41) is 1.19. The van der Waals surface area contributed by atoms with E-state index >= 15 is 0 Å². The molecule has 1 aliphatic heterocycles. The van der Waals surface area contributed by atoms with Crippen LogP contribution in [0.1, 0.15) is 44.0 Å². The lowest BCUT2D eigenvalue weighted by molar-refractivity contribution is 0.157. The fourth-order valence-corrected chi connectivity index (χ4v) is 3.82. The minimum Gasteiger partial charge on any atom is -0.452 e. The van der Waals surface area contributed by atoms with Crippen molar-refractivity contribution in [2.75, 3.05) is 20.2 Å². The number of carbonyl (C=O) groups excluding carboxylic acids is 1. The molecular formula is C18H24N2O2. The Morgan fingerprint density at radius 1 is 1.32 bits per heavy atom. The van der Waals surface area contributed by atoms with E-state index in [-0.39, 0.29) is 12.1 Å². The van der Waals surface area contributed by atoms with Gasteiger partial charge in [0.15, 0.2) is 0 Å². The number of hydrogen-bond donors (Lipinski definition) is 0. The molecular weight excluding hydrogens is 276 g/mol. The fourth-order valence-electron chi connectivity index (χ4n) is 3.82. The second-order valence-electron chi connectivity index (χ2n) is 5.90. The molecule has 2 heterocycles. The Bertz CT molecular complexity index is 690. The van der Waals surface area contributed by atoms with Crippen LogP contribution >= 0.6 is 0 Å². The third-order valence-electron chi connectivity index (χ3n) is 4.68. The monoisotopic (exact) mass is 300 g/mol. The minimum atomic E-state index is -0.283. The Morgan fingerprint density at radius 2 is 2.09 bits per heavy atom. The lowest BCUT2D eigenvalue weighted by Crippen LogP contribution is -2.37. The van der Waals surface area contributed by atoms with Crippen LogP contribution in [-0.2, 0) is 11.2 Å². The Hall–Kier alpha value is -1.81. The molecule has 1 aromatic heterocycles. The number of methoxy groups -OCH3 is 1. The summed E-state index contributed by atoms with van der Waals surface area (Å²) in [4.78, 5) is 14.9. The van der Waals surface area contributed by atoms with Crippen LogP contribution in [0.5, 0.6) is 0 Å². The summed E-state index contributed by atoms with van der Waals surface area (Å²) in [7, 11) is 1.46. The van der Waals surface area contributed by atoms with E-state index in [1.54, 1.807) is 4.57 Å². The number of para-hydroxylation sites is 1. The number of rotatable bonds is 3. The number of hydrogen-bond acceptors (Lipinski definition) is 3. The lowest BCUT2D eigenvalue weighted by atomic mass is 9.95. The number of fused-ring (bicyclic) bond motifs is 3. The second-order valence-corrected chi connectivity index (χ2v) is 5.90. The summed E-state index contributed by atoms with van der Waals surface area (Å²) in [6.07, 6.45) is 2.84. The van der Waals surface area contributed by atoms with Gasteiger partial charge in [-0.05, 0) is 37.4 Å². The first-order chi connectivity index (χ1) is 10.7. The highest BCUT2D eigenvalue weighted by molar-refractivity contribution is 5.94. The molecule has 1 atom stereocenters. The van der Waals surface area contributed by atoms with Crippen molar-refractivity contribution in [1.82, 2.24) is 9.47 Å². The van der Waals surface area contributed by atoms with Gasteiger partial charge in [0.05, 0.1) is 24.4 Å². The summed E-state index contributed by atoms with van der Waals surface area (Å²) < 4.78 is 6.85. The number of carbonyl (C=O) groups is 1. The first-order valence-electron chi connectivity index (χ1n) is 8.17. The van der Waals surface area contributed by atoms with E-state index in [1.165, 1.54) is 18.1 Å². The van der Waals surface area contributed by atoms with E-state index in [2.05, 4.69) is 24.8 Å². The third kappa shape index (κ3) is 2.22. The van der Waals surface area contributed by atoms with Crippen molar-refractivity contribution in [1.29, 1.82) is 0 Å². The molecule has 0 spiro atoms. The first kappa shape index (κ1) is 15.1. The van der Waals surface area contributed by atoms with Crippen LogP contribution in [0, 0.1) is 0 Å². The molecule has 1 unspecified atom stereocenters. The average molecular weight is 300 g/mol. The molecule has 0 fully saturated rings. The number of nitrogens with zero attached hydrogens (tertiary/aromatic N) is 2. The second kappa shape index (κ2) is 6.13. The van der Waals surface area contributed by atoms with E-state index in [0.29, 0.717) is 0 Å². The highest BCUT2D eigenvalue weighted by Gasteiger charge is 2.33. The van der Waals surface area contributed by atoms with Gasteiger partial charge in [-0.1, -0.05) is 32.0 Å². The van der Waals surface area contributed by atoms with Crippen LogP contribution in [0.15, 0.2) is 24.3 Å². The van der Waals surface area contributed by atoms with E-state index in [0.717, 1.165) is 43.6 Å². The van der Waals surface area contributed by atoms with Gasteiger partial charge in [0.2, 0.25) is 0 Å². The summed E-state index contributed by atoms with van der Waals surface area (Å²) in [5.74, 6) is 0.